The monoisotopic (exact) mass is 615 g/mol. The van der Waals surface area contributed by atoms with Gasteiger partial charge in [0.25, 0.3) is 0 Å². The first-order chi connectivity index (χ1) is 21.8. The van der Waals surface area contributed by atoms with Gasteiger partial charge in [-0.25, -0.2) is 14.8 Å². The maximum absolute atomic E-state index is 12.5. The molecule has 3 N–H and O–H groups in total. The first-order valence-electron chi connectivity index (χ1n) is 16.7. The zero-order chi connectivity index (χ0) is 31.1. The number of fused-ring (bicyclic) bond motifs is 1. The number of benzene rings is 1. The number of nitrogens with one attached hydrogen (secondary N) is 3. The van der Waals surface area contributed by atoms with Gasteiger partial charge in [0, 0.05) is 39.1 Å². The molecule has 12 nitrogen and oxygen atoms in total. The van der Waals surface area contributed by atoms with Crippen molar-refractivity contribution in [3.05, 3.63) is 41.7 Å². The summed E-state index contributed by atoms with van der Waals surface area (Å²) < 4.78 is 2.35. The smallest absolute Gasteiger partial charge is 0.365 e. The fourth-order valence-corrected chi connectivity index (χ4v) is 7.38. The Labute approximate surface area is 264 Å². The summed E-state index contributed by atoms with van der Waals surface area (Å²) in [5.74, 6) is 3.94. The lowest BCUT2D eigenvalue weighted by atomic mass is 9.80. The lowest BCUT2D eigenvalue weighted by Gasteiger charge is -2.42. The number of hydrogen-bond acceptors (Lipinski definition) is 9. The van der Waals surface area contributed by atoms with Crippen molar-refractivity contribution in [1.29, 1.82) is 0 Å². The van der Waals surface area contributed by atoms with Crippen molar-refractivity contribution in [2.45, 2.75) is 90.5 Å². The van der Waals surface area contributed by atoms with Crippen LogP contribution in [0.4, 0.5) is 16.6 Å². The third-order valence-electron chi connectivity index (χ3n) is 10.5. The molecule has 2 amide bonds. The molecule has 0 spiro atoms. The van der Waals surface area contributed by atoms with E-state index in [1.807, 2.05) is 11.0 Å². The second-order valence-corrected chi connectivity index (χ2v) is 13.5. The molecule has 0 bridgehead atoms. The van der Waals surface area contributed by atoms with Crippen LogP contribution in [0.3, 0.4) is 0 Å². The van der Waals surface area contributed by atoms with Crippen molar-refractivity contribution in [2.75, 3.05) is 29.9 Å². The van der Waals surface area contributed by atoms with Crippen LogP contribution >= 0.6 is 0 Å². The van der Waals surface area contributed by atoms with Crippen molar-refractivity contribution in [3.8, 4) is 0 Å². The number of nitrogens with zero attached hydrogens (tertiary/aromatic N) is 6. The largest absolute Gasteiger partial charge is 0.427 e. The van der Waals surface area contributed by atoms with Crippen molar-refractivity contribution < 1.29 is 14.4 Å². The van der Waals surface area contributed by atoms with Crippen LogP contribution in [0.1, 0.15) is 89.3 Å². The average molecular weight is 616 g/mol. The third kappa shape index (κ3) is 6.04. The van der Waals surface area contributed by atoms with Gasteiger partial charge in [-0.1, -0.05) is 56.5 Å². The van der Waals surface area contributed by atoms with Crippen LogP contribution in [0, 0.1) is 17.8 Å². The SMILES string of the molecule is CC(=O)N1CCN(c2nc3nc(C4NOC(=O)N4)nc(N[C@H](C)C4CCC4)c3n2CC2CCC(C)CC2)[C@H](c2ccccc2)C1. The van der Waals surface area contributed by atoms with Crippen molar-refractivity contribution >= 4 is 34.9 Å². The zero-order valence-corrected chi connectivity index (χ0v) is 26.5. The van der Waals surface area contributed by atoms with Gasteiger partial charge >= 0.3 is 6.09 Å². The lowest BCUT2D eigenvalue weighted by molar-refractivity contribution is -0.129. The van der Waals surface area contributed by atoms with E-state index in [4.69, 9.17) is 19.8 Å². The molecule has 2 aromatic heterocycles. The van der Waals surface area contributed by atoms with E-state index in [9.17, 15) is 9.59 Å². The molecule has 2 aliphatic carbocycles. The minimum Gasteiger partial charge on any atom is -0.365 e. The quantitative estimate of drug-likeness (QED) is 0.324. The van der Waals surface area contributed by atoms with E-state index >= 15 is 0 Å². The fraction of sp³-hybridized carbons (Fsp3) is 0.606. The van der Waals surface area contributed by atoms with E-state index in [0.717, 1.165) is 35.3 Å². The van der Waals surface area contributed by atoms with Gasteiger partial charge in [0.1, 0.15) is 5.52 Å². The minimum atomic E-state index is -0.675. The normalized spacial score (nSPS) is 26.3. The van der Waals surface area contributed by atoms with E-state index in [-0.39, 0.29) is 18.0 Å². The molecule has 3 aromatic rings. The average Bonchev–Trinajstić information content (AvgIpc) is 3.61. The molecular weight excluding hydrogens is 570 g/mol. The number of amides is 2. The van der Waals surface area contributed by atoms with E-state index in [2.05, 4.69) is 63.7 Å². The molecule has 45 heavy (non-hydrogen) atoms. The highest BCUT2D eigenvalue weighted by molar-refractivity contribution is 5.86. The van der Waals surface area contributed by atoms with Crippen LogP contribution in [0.2, 0.25) is 0 Å². The highest BCUT2D eigenvalue weighted by Gasteiger charge is 2.36. The molecule has 240 valence electrons. The molecule has 1 unspecified atom stereocenters. The number of anilines is 2. The summed E-state index contributed by atoms with van der Waals surface area (Å²) in [5.41, 5.74) is 5.34. The summed E-state index contributed by atoms with van der Waals surface area (Å²) in [6.07, 6.45) is 7.24. The van der Waals surface area contributed by atoms with Gasteiger partial charge in [0.05, 0.1) is 6.04 Å². The Morgan fingerprint density at radius 3 is 2.51 bits per heavy atom. The number of aromatic nitrogens is 4. The van der Waals surface area contributed by atoms with E-state index in [0.29, 0.717) is 42.9 Å². The zero-order valence-electron chi connectivity index (χ0n) is 26.5. The van der Waals surface area contributed by atoms with Crippen molar-refractivity contribution in [2.24, 2.45) is 17.8 Å². The summed E-state index contributed by atoms with van der Waals surface area (Å²) in [6.45, 7) is 8.91. The number of hydrogen-bond donors (Lipinski definition) is 3. The molecule has 12 heteroatoms. The molecule has 4 aliphatic rings. The van der Waals surface area contributed by atoms with E-state index in [1.165, 1.54) is 44.9 Å². The minimum absolute atomic E-state index is 0.0623. The molecule has 3 atom stereocenters. The maximum atomic E-state index is 12.5. The molecule has 2 saturated heterocycles. The van der Waals surface area contributed by atoms with Crippen molar-refractivity contribution in [1.82, 2.24) is 35.2 Å². The van der Waals surface area contributed by atoms with Gasteiger partial charge in [-0.15, -0.1) is 5.48 Å². The van der Waals surface area contributed by atoms with Crippen LogP contribution < -0.4 is 21.0 Å². The van der Waals surface area contributed by atoms with E-state index in [1.54, 1.807) is 6.92 Å². The first-order valence-corrected chi connectivity index (χ1v) is 16.7. The number of carbonyl (C=O) groups is 2. The first kappa shape index (κ1) is 29.8. The Morgan fingerprint density at radius 1 is 1.07 bits per heavy atom. The van der Waals surface area contributed by atoms with Crippen LogP contribution in [0.15, 0.2) is 30.3 Å². The second kappa shape index (κ2) is 12.5. The lowest BCUT2D eigenvalue weighted by Crippen LogP contribution is -2.50. The van der Waals surface area contributed by atoms with Crippen LogP contribution in [-0.4, -0.2) is 62.1 Å². The van der Waals surface area contributed by atoms with Gasteiger partial charge in [-0.2, -0.15) is 4.98 Å². The summed E-state index contributed by atoms with van der Waals surface area (Å²) in [7, 11) is 0. The Hall–Kier alpha value is -3.93. The van der Waals surface area contributed by atoms with Crippen LogP contribution in [-0.2, 0) is 16.2 Å². The Balaban J connectivity index is 1.36. The standard InChI is InChI=1S/C33H45N9O3/c1-20-12-14-23(15-13-20)18-42-27-28(34-21(2)24-10-7-11-24)35-30(31-38-33(44)45-39-31)36-29(27)37-32(42)41-17-16-40(22(3)43)19-26(41)25-8-5-4-6-9-25/h4-6,8-9,20-21,23-24,26,31,39H,7,10-19H2,1-3H3,(H,38,44)(H,34,35,36)/t20?,21-,23?,26+,31?/m1/s1. The van der Waals surface area contributed by atoms with E-state index < -0.39 is 12.3 Å². The van der Waals surface area contributed by atoms with Gasteiger partial charge in [0.2, 0.25) is 11.9 Å². The van der Waals surface area contributed by atoms with Crippen LogP contribution in [0.25, 0.3) is 11.2 Å². The Morgan fingerprint density at radius 2 is 1.84 bits per heavy atom. The predicted molar refractivity (Wildman–Crippen MR) is 171 cm³/mol. The van der Waals surface area contributed by atoms with Crippen LogP contribution in [0.5, 0.6) is 0 Å². The molecule has 2 saturated carbocycles. The summed E-state index contributed by atoms with van der Waals surface area (Å²) >= 11 is 0. The predicted octanol–water partition coefficient (Wildman–Crippen LogP) is 4.91. The van der Waals surface area contributed by atoms with Gasteiger partial charge in [0.15, 0.2) is 23.5 Å². The molecule has 2 aliphatic heterocycles. The maximum Gasteiger partial charge on any atom is 0.427 e. The van der Waals surface area contributed by atoms with Gasteiger partial charge in [-0.05, 0) is 55.9 Å². The number of imidazole rings is 1. The molecule has 4 heterocycles. The summed E-state index contributed by atoms with van der Waals surface area (Å²) in [4.78, 5) is 49.0. The highest BCUT2D eigenvalue weighted by atomic mass is 16.7. The highest BCUT2D eigenvalue weighted by Crippen LogP contribution is 2.39. The summed E-state index contributed by atoms with van der Waals surface area (Å²) in [6, 6.07) is 10.6. The number of rotatable bonds is 8. The number of piperazine rings is 1. The van der Waals surface area contributed by atoms with Crippen molar-refractivity contribution in [3.63, 3.8) is 0 Å². The second-order valence-electron chi connectivity index (χ2n) is 13.5. The number of carbonyl (C=O) groups excluding carboxylic acids is 2. The summed E-state index contributed by atoms with van der Waals surface area (Å²) in [5, 5.41) is 6.51. The molecule has 0 radical (unpaired) electrons. The Kier molecular flexibility index (Phi) is 8.24. The molecule has 1 aromatic carbocycles. The number of hydroxylamine groups is 1. The molecule has 4 fully saturated rings. The third-order valence-corrected chi connectivity index (χ3v) is 10.5. The molecule has 7 rings (SSSR count). The Bertz CT molecular complexity index is 1530. The van der Waals surface area contributed by atoms with Gasteiger partial charge < -0.3 is 24.5 Å². The topological polar surface area (TPSA) is 130 Å². The molecular formula is C33H45N9O3. The fourth-order valence-electron chi connectivity index (χ4n) is 7.38. The van der Waals surface area contributed by atoms with Gasteiger partial charge in [-0.3, -0.25) is 10.1 Å².